The number of halogens is 1. The van der Waals surface area contributed by atoms with E-state index in [9.17, 15) is 4.39 Å². The molecule has 1 aromatic rings. The van der Waals surface area contributed by atoms with Crippen LogP contribution in [0, 0.1) is 5.82 Å². The molecule has 0 saturated heterocycles. The molecule has 1 N–H and O–H groups in total. The number of rotatable bonds is 12. The molecule has 0 radical (unpaired) electrons. The van der Waals surface area contributed by atoms with Crippen LogP contribution in [0.2, 0.25) is 0 Å². The molecule has 0 aliphatic carbocycles. The highest BCUT2D eigenvalue weighted by Crippen LogP contribution is 2.21. The molecule has 1 aromatic carbocycles. The molecule has 1 unspecified atom stereocenters. The van der Waals surface area contributed by atoms with Crippen molar-refractivity contribution in [1.29, 1.82) is 0 Å². The Hall–Kier alpha value is -0.540. The van der Waals surface area contributed by atoms with Gasteiger partial charge in [0.2, 0.25) is 0 Å². The van der Waals surface area contributed by atoms with Gasteiger partial charge in [-0.25, -0.2) is 4.39 Å². The van der Waals surface area contributed by atoms with Gasteiger partial charge < -0.3 is 5.32 Å². The maximum atomic E-state index is 13.2. The van der Waals surface area contributed by atoms with Gasteiger partial charge >= 0.3 is 0 Å². The second-order valence-electron chi connectivity index (χ2n) is 5.58. The van der Waals surface area contributed by atoms with Gasteiger partial charge in [-0.1, -0.05) is 58.4 Å². The Morgan fingerprint density at radius 1 is 1.10 bits per heavy atom. The quantitative estimate of drug-likeness (QED) is 0.395. The summed E-state index contributed by atoms with van der Waals surface area (Å²) >= 11 is 1.75. The third-order valence-corrected chi connectivity index (χ3v) is 4.80. The standard InChI is InChI=1S/C18H30FNS/c1-3-5-6-7-8-9-12-17(20-4-2)15-21-18-13-10-11-16(19)14-18/h10-11,13-14,17,20H,3-9,12,15H2,1-2H3. The number of hydrogen-bond donors (Lipinski definition) is 1. The van der Waals surface area contributed by atoms with Gasteiger partial charge in [0, 0.05) is 16.7 Å². The minimum atomic E-state index is -0.143. The number of benzene rings is 1. The maximum absolute atomic E-state index is 13.2. The fraction of sp³-hybridized carbons (Fsp3) is 0.667. The third-order valence-electron chi connectivity index (χ3n) is 3.65. The smallest absolute Gasteiger partial charge is 0.124 e. The monoisotopic (exact) mass is 311 g/mol. The maximum Gasteiger partial charge on any atom is 0.124 e. The summed E-state index contributed by atoms with van der Waals surface area (Å²) in [6.07, 6.45) is 9.28. The molecule has 0 heterocycles. The molecular weight excluding hydrogens is 281 g/mol. The first kappa shape index (κ1) is 18.5. The summed E-state index contributed by atoms with van der Waals surface area (Å²) < 4.78 is 13.2. The van der Waals surface area contributed by atoms with Crippen molar-refractivity contribution in [2.45, 2.75) is 69.7 Å². The van der Waals surface area contributed by atoms with Crippen LogP contribution in [0.3, 0.4) is 0 Å². The molecule has 0 amide bonds. The zero-order chi connectivity index (χ0) is 15.3. The van der Waals surface area contributed by atoms with Gasteiger partial charge in [0.25, 0.3) is 0 Å². The Morgan fingerprint density at radius 2 is 1.86 bits per heavy atom. The van der Waals surface area contributed by atoms with Crippen molar-refractivity contribution in [3.8, 4) is 0 Å². The average Bonchev–Trinajstić information content (AvgIpc) is 2.48. The highest BCUT2D eigenvalue weighted by molar-refractivity contribution is 7.99. The first-order valence-corrected chi connectivity index (χ1v) is 9.36. The normalized spacial score (nSPS) is 12.5. The van der Waals surface area contributed by atoms with Crippen molar-refractivity contribution in [2.75, 3.05) is 12.3 Å². The van der Waals surface area contributed by atoms with Crippen molar-refractivity contribution in [2.24, 2.45) is 0 Å². The first-order valence-electron chi connectivity index (χ1n) is 8.38. The summed E-state index contributed by atoms with van der Waals surface area (Å²) in [6, 6.07) is 7.44. The van der Waals surface area contributed by atoms with Crippen LogP contribution in [0.1, 0.15) is 58.8 Å². The molecule has 1 atom stereocenters. The Bertz CT molecular complexity index is 370. The highest BCUT2D eigenvalue weighted by Gasteiger charge is 2.08. The highest BCUT2D eigenvalue weighted by atomic mass is 32.2. The predicted octanol–water partition coefficient (Wildman–Crippen LogP) is 5.65. The van der Waals surface area contributed by atoms with Gasteiger partial charge in [-0.05, 0) is 31.2 Å². The lowest BCUT2D eigenvalue weighted by atomic mass is 10.1. The lowest BCUT2D eigenvalue weighted by Gasteiger charge is -2.17. The minimum absolute atomic E-state index is 0.143. The van der Waals surface area contributed by atoms with E-state index in [-0.39, 0.29) is 5.82 Å². The number of unbranched alkanes of at least 4 members (excludes halogenated alkanes) is 5. The summed E-state index contributed by atoms with van der Waals surface area (Å²) in [5.74, 6) is 0.877. The SMILES string of the molecule is CCCCCCCCC(CSc1cccc(F)c1)NCC. The van der Waals surface area contributed by atoms with Gasteiger partial charge in [-0.3, -0.25) is 0 Å². The van der Waals surface area contributed by atoms with Crippen LogP contribution in [0.15, 0.2) is 29.2 Å². The van der Waals surface area contributed by atoms with E-state index in [0.29, 0.717) is 6.04 Å². The summed E-state index contributed by atoms with van der Waals surface area (Å²) in [4.78, 5) is 1.03. The molecule has 1 nitrogen and oxygen atoms in total. The topological polar surface area (TPSA) is 12.0 Å². The van der Waals surface area contributed by atoms with Crippen LogP contribution >= 0.6 is 11.8 Å². The Labute approximate surface area is 134 Å². The second kappa shape index (κ2) is 12.0. The predicted molar refractivity (Wildman–Crippen MR) is 92.6 cm³/mol. The number of nitrogens with one attached hydrogen (secondary N) is 1. The lowest BCUT2D eigenvalue weighted by molar-refractivity contribution is 0.494. The zero-order valence-electron chi connectivity index (χ0n) is 13.5. The summed E-state index contributed by atoms with van der Waals surface area (Å²) in [5.41, 5.74) is 0. The van der Waals surface area contributed by atoms with E-state index in [1.165, 1.54) is 51.0 Å². The molecule has 0 fully saturated rings. The lowest BCUT2D eigenvalue weighted by Crippen LogP contribution is -2.31. The molecule has 0 aliphatic heterocycles. The summed E-state index contributed by atoms with van der Waals surface area (Å²) in [5, 5.41) is 3.55. The molecule has 0 saturated carbocycles. The van der Waals surface area contributed by atoms with Crippen LogP contribution in [0.25, 0.3) is 0 Å². The Balaban J connectivity index is 2.22. The van der Waals surface area contributed by atoms with E-state index in [1.54, 1.807) is 23.9 Å². The Kier molecular flexibility index (Phi) is 10.6. The molecule has 0 spiro atoms. The molecule has 0 aliphatic rings. The Morgan fingerprint density at radius 3 is 2.57 bits per heavy atom. The molecule has 1 rings (SSSR count). The van der Waals surface area contributed by atoms with Crippen molar-refractivity contribution >= 4 is 11.8 Å². The van der Waals surface area contributed by atoms with Crippen LogP contribution in [0.4, 0.5) is 4.39 Å². The van der Waals surface area contributed by atoms with Crippen molar-refractivity contribution in [3.63, 3.8) is 0 Å². The summed E-state index contributed by atoms with van der Waals surface area (Å²) in [6.45, 7) is 5.41. The number of hydrogen-bond acceptors (Lipinski definition) is 2. The van der Waals surface area contributed by atoms with E-state index in [1.807, 2.05) is 6.07 Å². The molecule has 120 valence electrons. The van der Waals surface area contributed by atoms with Crippen LogP contribution < -0.4 is 5.32 Å². The van der Waals surface area contributed by atoms with Crippen LogP contribution in [-0.2, 0) is 0 Å². The van der Waals surface area contributed by atoms with Crippen molar-refractivity contribution < 1.29 is 4.39 Å². The van der Waals surface area contributed by atoms with E-state index < -0.39 is 0 Å². The summed E-state index contributed by atoms with van der Waals surface area (Å²) in [7, 11) is 0. The van der Waals surface area contributed by atoms with E-state index in [4.69, 9.17) is 0 Å². The molecule has 21 heavy (non-hydrogen) atoms. The van der Waals surface area contributed by atoms with Crippen LogP contribution in [0.5, 0.6) is 0 Å². The molecule has 0 aromatic heterocycles. The average molecular weight is 312 g/mol. The molecule has 3 heteroatoms. The molecule has 0 bridgehead atoms. The van der Waals surface area contributed by atoms with Crippen LogP contribution in [-0.4, -0.2) is 18.3 Å². The van der Waals surface area contributed by atoms with E-state index >= 15 is 0 Å². The van der Waals surface area contributed by atoms with E-state index in [0.717, 1.165) is 17.2 Å². The largest absolute Gasteiger partial charge is 0.313 e. The van der Waals surface area contributed by atoms with Gasteiger partial charge in [0.1, 0.15) is 5.82 Å². The van der Waals surface area contributed by atoms with Crippen molar-refractivity contribution in [1.82, 2.24) is 5.32 Å². The van der Waals surface area contributed by atoms with Gasteiger partial charge in [-0.2, -0.15) is 0 Å². The fourth-order valence-corrected chi connectivity index (χ4v) is 3.51. The van der Waals surface area contributed by atoms with E-state index in [2.05, 4.69) is 19.2 Å². The minimum Gasteiger partial charge on any atom is -0.313 e. The van der Waals surface area contributed by atoms with Gasteiger partial charge in [-0.15, -0.1) is 11.8 Å². The van der Waals surface area contributed by atoms with Gasteiger partial charge in [0.05, 0.1) is 0 Å². The number of thioether (sulfide) groups is 1. The third kappa shape index (κ3) is 9.15. The second-order valence-corrected chi connectivity index (χ2v) is 6.67. The van der Waals surface area contributed by atoms with Gasteiger partial charge in [0.15, 0.2) is 0 Å². The first-order chi connectivity index (χ1) is 10.3. The molecular formula is C18H30FNS. The fourth-order valence-electron chi connectivity index (χ4n) is 2.46. The zero-order valence-corrected chi connectivity index (χ0v) is 14.4. The van der Waals surface area contributed by atoms with Crippen molar-refractivity contribution in [3.05, 3.63) is 30.1 Å².